The standard InChI is InChI=1S/C18H22FN3O3.C9H12S.C2H6/c1-3-15(19)5-4-8-22-17-7-6-16(9-14(17)10-20-22)25-12-13(2)21-18(24)11-23;1-2-10-8-9-6-4-3-5-7-9;1-2/h3-7,9-10,13,23H,8,11-12H2,1-2H3,(H,21,24);3-7H,2,8H2,1H3;1-2H3/b5-4-,15-3+;;. The van der Waals surface area contributed by atoms with Crippen molar-refractivity contribution in [2.45, 2.75) is 53.0 Å². The lowest BCUT2D eigenvalue weighted by Gasteiger charge is -2.14. The molecule has 1 atom stereocenters. The number of fused-ring (bicyclic) bond motifs is 1. The van der Waals surface area contributed by atoms with Gasteiger partial charge < -0.3 is 15.2 Å². The highest BCUT2D eigenvalue weighted by atomic mass is 32.2. The van der Waals surface area contributed by atoms with E-state index >= 15 is 0 Å². The summed E-state index contributed by atoms with van der Waals surface area (Å²) in [6, 6.07) is 15.9. The lowest BCUT2D eigenvalue weighted by Crippen LogP contribution is -2.38. The van der Waals surface area contributed by atoms with Crippen LogP contribution in [0.1, 0.15) is 40.2 Å². The first kappa shape index (κ1) is 31.9. The number of thioether (sulfide) groups is 1. The van der Waals surface area contributed by atoms with Gasteiger partial charge in [-0.3, -0.25) is 9.48 Å². The maximum Gasteiger partial charge on any atom is 0.246 e. The molecule has 0 bridgehead atoms. The summed E-state index contributed by atoms with van der Waals surface area (Å²) >= 11 is 1.96. The molecule has 3 aromatic rings. The van der Waals surface area contributed by atoms with Crippen LogP contribution in [0.15, 0.2) is 78.8 Å². The van der Waals surface area contributed by atoms with Crippen molar-refractivity contribution >= 4 is 28.6 Å². The van der Waals surface area contributed by atoms with Gasteiger partial charge in [0.1, 0.15) is 24.8 Å². The van der Waals surface area contributed by atoms with Gasteiger partial charge >= 0.3 is 0 Å². The molecule has 2 N–H and O–H groups in total. The van der Waals surface area contributed by atoms with Crippen LogP contribution in [0.3, 0.4) is 0 Å². The third-order valence-corrected chi connectivity index (χ3v) is 5.76. The fourth-order valence-electron chi connectivity index (χ4n) is 3.04. The summed E-state index contributed by atoms with van der Waals surface area (Å²) in [7, 11) is 0. The number of benzene rings is 2. The zero-order valence-corrected chi connectivity index (χ0v) is 23.3. The van der Waals surface area contributed by atoms with Gasteiger partial charge in [0.05, 0.1) is 24.3 Å². The van der Waals surface area contributed by atoms with Crippen molar-refractivity contribution in [2.24, 2.45) is 0 Å². The molecule has 0 aliphatic heterocycles. The van der Waals surface area contributed by atoms with Crippen molar-refractivity contribution in [2.75, 3.05) is 19.0 Å². The Morgan fingerprint density at radius 1 is 1.24 bits per heavy atom. The van der Waals surface area contributed by atoms with Crippen molar-refractivity contribution in [1.82, 2.24) is 15.1 Å². The number of ether oxygens (including phenoxy) is 1. The molecule has 0 aliphatic carbocycles. The second-order valence-electron chi connectivity index (χ2n) is 7.68. The lowest BCUT2D eigenvalue weighted by molar-refractivity contribution is -0.124. The van der Waals surface area contributed by atoms with Gasteiger partial charge in [0.25, 0.3) is 0 Å². The third kappa shape index (κ3) is 12.6. The summed E-state index contributed by atoms with van der Waals surface area (Å²) in [5.74, 6) is 2.30. The molecule has 1 amide bonds. The number of aliphatic hydroxyl groups excluding tert-OH is 1. The maximum atomic E-state index is 13.1. The summed E-state index contributed by atoms with van der Waals surface area (Å²) < 4.78 is 20.5. The number of nitrogens with one attached hydrogen (secondary N) is 1. The van der Waals surface area contributed by atoms with Gasteiger partial charge in [0.2, 0.25) is 5.91 Å². The molecule has 0 radical (unpaired) electrons. The molecule has 1 heterocycles. The van der Waals surface area contributed by atoms with Gasteiger partial charge in [-0.15, -0.1) is 0 Å². The number of allylic oxidation sites excluding steroid dienone is 4. The van der Waals surface area contributed by atoms with Gasteiger partial charge in [-0.1, -0.05) is 63.3 Å². The van der Waals surface area contributed by atoms with Crippen LogP contribution >= 0.6 is 11.8 Å². The van der Waals surface area contributed by atoms with E-state index in [4.69, 9.17) is 9.84 Å². The molecule has 0 aliphatic rings. The van der Waals surface area contributed by atoms with E-state index in [1.54, 1.807) is 30.8 Å². The largest absolute Gasteiger partial charge is 0.491 e. The molecule has 8 heteroatoms. The Labute approximate surface area is 224 Å². The Bertz CT molecular complexity index is 1100. The minimum absolute atomic E-state index is 0.218. The average Bonchev–Trinajstić information content (AvgIpc) is 3.34. The van der Waals surface area contributed by atoms with E-state index in [2.05, 4.69) is 47.7 Å². The van der Waals surface area contributed by atoms with Crippen molar-refractivity contribution in [3.8, 4) is 5.75 Å². The lowest BCUT2D eigenvalue weighted by atomic mass is 10.2. The molecule has 3 rings (SSSR count). The Hall–Kier alpha value is -3.10. The van der Waals surface area contributed by atoms with Gasteiger partial charge in [-0.05, 0) is 49.4 Å². The van der Waals surface area contributed by atoms with Crippen molar-refractivity contribution in [1.29, 1.82) is 0 Å². The minimum atomic E-state index is -0.540. The number of hydrogen-bond donors (Lipinski definition) is 2. The smallest absolute Gasteiger partial charge is 0.246 e. The normalized spacial score (nSPS) is 11.8. The van der Waals surface area contributed by atoms with E-state index in [-0.39, 0.29) is 18.5 Å². The second-order valence-corrected chi connectivity index (χ2v) is 8.96. The number of hydrogen-bond acceptors (Lipinski definition) is 5. The Morgan fingerprint density at radius 3 is 2.62 bits per heavy atom. The average molecular weight is 530 g/mol. The monoisotopic (exact) mass is 529 g/mol. The number of carbonyl (C=O) groups is 1. The summed E-state index contributed by atoms with van der Waals surface area (Å²) in [6.07, 6.45) is 6.23. The van der Waals surface area contributed by atoms with Crippen LogP contribution in [0.4, 0.5) is 4.39 Å². The first-order valence-electron chi connectivity index (χ1n) is 12.5. The Balaban J connectivity index is 0.000000475. The van der Waals surface area contributed by atoms with E-state index in [0.29, 0.717) is 12.3 Å². The first-order valence-corrected chi connectivity index (χ1v) is 13.7. The van der Waals surface area contributed by atoms with Crippen LogP contribution in [0.2, 0.25) is 0 Å². The van der Waals surface area contributed by atoms with E-state index in [9.17, 15) is 9.18 Å². The van der Waals surface area contributed by atoms with E-state index in [1.807, 2.05) is 43.8 Å². The van der Waals surface area contributed by atoms with Gasteiger partial charge in [-0.25, -0.2) is 4.39 Å². The van der Waals surface area contributed by atoms with Crippen LogP contribution in [-0.4, -0.2) is 45.8 Å². The highest BCUT2D eigenvalue weighted by Crippen LogP contribution is 2.21. The van der Waals surface area contributed by atoms with Crippen LogP contribution < -0.4 is 10.1 Å². The predicted octanol–water partition coefficient (Wildman–Crippen LogP) is 6.31. The minimum Gasteiger partial charge on any atom is -0.491 e. The molecular weight excluding hydrogens is 489 g/mol. The fraction of sp³-hybridized carbons (Fsp3) is 0.379. The molecule has 2 aromatic carbocycles. The van der Waals surface area contributed by atoms with Crippen LogP contribution in [0.5, 0.6) is 5.75 Å². The number of aromatic nitrogens is 2. The summed E-state index contributed by atoms with van der Waals surface area (Å²) in [5, 5.41) is 16.5. The van der Waals surface area contributed by atoms with Gasteiger partial charge in [0.15, 0.2) is 0 Å². The molecule has 1 aromatic heterocycles. The number of amides is 1. The molecular formula is C29H40FN3O3S. The summed E-state index contributed by atoms with van der Waals surface area (Å²) in [5.41, 5.74) is 2.34. The predicted molar refractivity (Wildman–Crippen MR) is 154 cm³/mol. The highest BCUT2D eigenvalue weighted by Gasteiger charge is 2.08. The number of halogens is 1. The second kappa shape index (κ2) is 19.1. The number of aliphatic hydroxyl groups is 1. The topological polar surface area (TPSA) is 76.4 Å². The molecule has 1 unspecified atom stereocenters. The maximum absolute atomic E-state index is 13.1. The number of rotatable bonds is 11. The van der Waals surface area contributed by atoms with Crippen molar-refractivity contribution in [3.05, 3.63) is 84.3 Å². The third-order valence-electron chi connectivity index (χ3n) is 4.81. The molecule has 0 saturated heterocycles. The molecule has 6 nitrogen and oxygen atoms in total. The van der Waals surface area contributed by atoms with E-state index in [1.165, 1.54) is 23.5 Å². The van der Waals surface area contributed by atoms with Gasteiger partial charge in [0, 0.05) is 11.1 Å². The van der Waals surface area contributed by atoms with Crippen molar-refractivity contribution in [3.63, 3.8) is 0 Å². The van der Waals surface area contributed by atoms with Crippen LogP contribution in [0, 0.1) is 0 Å². The first-order chi connectivity index (χ1) is 18.0. The fourth-order valence-corrected chi connectivity index (χ4v) is 3.67. The van der Waals surface area contributed by atoms with Gasteiger partial charge in [-0.2, -0.15) is 16.9 Å². The molecule has 37 heavy (non-hydrogen) atoms. The molecule has 202 valence electrons. The van der Waals surface area contributed by atoms with E-state index in [0.717, 1.165) is 16.7 Å². The highest BCUT2D eigenvalue weighted by molar-refractivity contribution is 7.98. The summed E-state index contributed by atoms with van der Waals surface area (Å²) in [6.45, 7) is 9.84. The molecule has 0 spiro atoms. The zero-order chi connectivity index (χ0) is 27.5. The quantitative estimate of drug-likeness (QED) is 0.285. The summed E-state index contributed by atoms with van der Waals surface area (Å²) in [4.78, 5) is 11.1. The SMILES string of the molecule is C/C=C(F)\C=C/Cn1ncc2cc(OCC(C)NC(=O)CO)ccc21.CC.CCSCc1ccccc1. The number of carbonyl (C=O) groups excluding carboxylic acids is 1. The Morgan fingerprint density at radius 2 is 1.97 bits per heavy atom. The molecule has 0 saturated carbocycles. The van der Waals surface area contributed by atoms with Crippen LogP contribution in [-0.2, 0) is 17.1 Å². The van der Waals surface area contributed by atoms with Crippen molar-refractivity contribution < 1.29 is 19.0 Å². The van der Waals surface area contributed by atoms with Crippen LogP contribution in [0.25, 0.3) is 10.9 Å². The Kier molecular flexibility index (Phi) is 16.5. The number of nitrogens with zero attached hydrogens (tertiary/aromatic N) is 2. The molecule has 0 fully saturated rings. The zero-order valence-electron chi connectivity index (χ0n) is 22.5. The van der Waals surface area contributed by atoms with E-state index < -0.39 is 12.5 Å².